The summed E-state index contributed by atoms with van der Waals surface area (Å²) >= 11 is 0. The van der Waals surface area contributed by atoms with Crippen LogP contribution < -0.4 is 0 Å². The molecule has 0 aromatic heterocycles. The number of benzene rings is 2. The fourth-order valence-corrected chi connectivity index (χ4v) is 4.42. The predicted molar refractivity (Wildman–Crippen MR) is 96.6 cm³/mol. The number of hydrogen-bond acceptors (Lipinski definition) is 5. The Hall–Kier alpha value is -1.83. The summed E-state index contributed by atoms with van der Waals surface area (Å²) in [5.41, 5.74) is 0.921. The van der Waals surface area contributed by atoms with E-state index in [-0.39, 0.29) is 6.10 Å². The molecule has 1 fully saturated rings. The summed E-state index contributed by atoms with van der Waals surface area (Å²) in [7, 11) is 0.196. The van der Waals surface area contributed by atoms with Crippen LogP contribution in [0.25, 0.3) is 0 Å². The molecule has 0 saturated carbocycles. The highest BCUT2D eigenvalue weighted by molar-refractivity contribution is 7.89. The van der Waals surface area contributed by atoms with Gasteiger partial charge in [0.25, 0.3) is 0 Å². The quantitative estimate of drug-likeness (QED) is 0.825. The van der Waals surface area contributed by atoms with E-state index >= 15 is 0 Å². The van der Waals surface area contributed by atoms with Gasteiger partial charge in [-0.2, -0.15) is 0 Å². The number of ether oxygens (including phenoxy) is 4. The summed E-state index contributed by atoms with van der Waals surface area (Å²) in [5, 5.41) is 0. The lowest BCUT2D eigenvalue weighted by molar-refractivity contribution is -0.282. The molecule has 5 atom stereocenters. The summed E-state index contributed by atoms with van der Waals surface area (Å²) in [6.07, 6.45) is -0.165. The SMILES string of the molecule is CO[C@@H]1C=C([S@@](=O)c2ccccc2)[C@@H]2O[C@H](c3ccccc3)OC[C@H]2O1. The second-order valence-corrected chi connectivity index (χ2v) is 7.54. The first-order valence-electron chi connectivity index (χ1n) is 8.45. The molecule has 26 heavy (non-hydrogen) atoms. The van der Waals surface area contributed by atoms with E-state index in [9.17, 15) is 4.21 Å². The molecule has 2 aromatic carbocycles. The van der Waals surface area contributed by atoms with Crippen molar-refractivity contribution < 1.29 is 23.2 Å². The summed E-state index contributed by atoms with van der Waals surface area (Å²) in [4.78, 5) is 1.38. The van der Waals surface area contributed by atoms with Crippen LogP contribution in [0.15, 0.2) is 76.5 Å². The van der Waals surface area contributed by atoms with E-state index < -0.39 is 29.5 Å². The molecule has 0 spiro atoms. The van der Waals surface area contributed by atoms with Gasteiger partial charge in [0.2, 0.25) is 0 Å². The van der Waals surface area contributed by atoms with Crippen molar-refractivity contribution in [2.75, 3.05) is 13.7 Å². The van der Waals surface area contributed by atoms with Gasteiger partial charge in [-0.3, -0.25) is 0 Å². The number of fused-ring (bicyclic) bond motifs is 1. The van der Waals surface area contributed by atoms with Gasteiger partial charge in [0, 0.05) is 17.6 Å². The van der Waals surface area contributed by atoms with Crippen LogP contribution in [0.2, 0.25) is 0 Å². The smallest absolute Gasteiger partial charge is 0.184 e. The lowest BCUT2D eigenvalue weighted by atomic mass is 10.1. The van der Waals surface area contributed by atoms with Crippen LogP contribution in [0.3, 0.4) is 0 Å². The highest BCUT2D eigenvalue weighted by Gasteiger charge is 2.42. The van der Waals surface area contributed by atoms with Gasteiger partial charge in [-0.25, -0.2) is 4.21 Å². The van der Waals surface area contributed by atoms with Crippen molar-refractivity contribution in [3.8, 4) is 0 Å². The Kier molecular flexibility index (Phi) is 5.28. The van der Waals surface area contributed by atoms with Gasteiger partial charge in [-0.1, -0.05) is 48.5 Å². The molecule has 0 bridgehead atoms. The molecule has 2 aromatic rings. The van der Waals surface area contributed by atoms with Crippen molar-refractivity contribution in [3.05, 3.63) is 77.2 Å². The maximum absolute atomic E-state index is 13.2. The highest BCUT2D eigenvalue weighted by atomic mass is 32.2. The van der Waals surface area contributed by atoms with Crippen LogP contribution >= 0.6 is 0 Å². The van der Waals surface area contributed by atoms with E-state index in [0.717, 1.165) is 10.5 Å². The standard InChI is InChI=1S/C20H20O5S/c1-22-18-12-17(26(21)15-10-6-3-7-11-15)19-16(24-18)13-23-20(25-19)14-8-4-2-5-9-14/h2-12,16,18-20H,13H2,1H3/t16-,18+,19-,20-,26+/m1/s1. The molecule has 2 heterocycles. The van der Waals surface area contributed by atoms with Crippen molar-refractivity contribution in [1.29, 1.82) is 0 Å². The topological polar surface area (TPSA) is 54.0 Å². The van der Waals surface area contributed by atoms with Gasteiger partial charge in [0.1, 0.15) is 12.2 Å². The van der Waals surface area contributed by atoms with Crippen molar-refractivity contribution >= 4 is 10.8 Å². The summed E-state index contributed by atoms with van der Waals surface area (Å²) in [6, 6.07) is 19.0. The molecule has 2 aliphatic heterocycles. The van der Waals surface area contributed by atoms with E-state index in [0.29, 0.717) is 11.5 Å². The Balaban J connectivity index is 1.64. The third kappa shape index (κ3) is 3.51. The average Bonchev–Trinajstić information content (AvgIpc) is 2.73. The summed E-state index contributed by atoms with van der Waals surface area (Å²) in [5.74, 6) is 0. The average molecular weight is 372 g/mol. The van der Waals surface area contributed by atoms with E-state index in [4.69, 9.17) is 18.9 Å². The molecule has 0 aliphatic carbocycles. The Morgan fingerprint density at radius 3 is 2.38 bits per heavy atom. The minimum absolute atomic E-state index is 0.341. The van der Waals surface area contributed by atoms with E-state index in [1.165, 1.54) is 0 Å². The molecule has 1 saturated heterocycles. The first kappa shape index (κ1) is 17.6. The minimum Gasteiger partial charge on any atom is -0.352 e. The first-order valence-corrected chi connectivity index (χ1v) is 9.60. The lowest BCUT2D eigenvalue weighted by Gasteiger charge is -2.41. The zero-order valence-corrected chi connectivity index (χ0v) is 15.1. The van der Waals surface area contributed by atoms with Gasteiger partial charge < -0.3 is 18.9 Å². The third-order valence-electron chi connectivity index (χ3n) is 4.38. The molecule has 136 valence electrons. The maximum Gasteiger partial charge on any atom is 0.184 e. The van der Waals surface area contributed by atoms with Gasteiger partial charge >= 0.3 is 0 Å². The highest BCUT2D eigenvalue weighted by Crippen LogP contribution is 2.36. The molecule has 0 unspecified atom stereocenters. The molecule has 2 aliphatic rings. The maximum atomic E-state index is 13.2. The van der Waals surface area contributed by atoms with Gasteiger partial charge in [-0.15, -0.1) is 0 Å². The molecule has 4 rings (SSSR count). The predicted octanol–water partition coefficient (Wildman–Crippen LogP) is 3.16. The Labute approximate surface area is 155 Å². The third-order valence-corrected chi connectivity index (χ3v) is 5.88. The van der Waals surface area contributed by atoms with Crippen molar-refractivity contribution in [1.82, 2.24) is 0 Å². The van der Waals surface area contributed by atoms with Crippen molar-refractivity contribution in [2.24, 2.45) is 0 Å². The van der Waals surface area contributed by atoms with Crippen LogP contribution in [-0.4, -0.2) is 36.4 Å². The van der Waals surface area contributed by atoms with Gasteiger partial charge in [0.05, 0.1) is 22.3 Å². The van der Waals surface area contributed by atoms with Crippen LogP contribution in [0.1, 0.15) is 11.9 Å². The first-order chi connectivity index (χ1) is 12.8. The summed E-state index contributed by atoms with van der Waals surface area (Å²) < 4.78 is 36.3. The van der Waals surface area contributed by atoms with Gasteiger partial charge in [0.15, 0.2) is 12.6 Å². The fraction of sp³-hybridized carbons (Fsp3) is 0.300. The molecule has 6 heteroatoms. The lowest BCUT2D eigenvalue weighted by Crippen LogP contribution is -2.48. The monoisotopic (exact) mass is 372 g/mol. The zero-order chi connectivity index (χ0) is 17.9. The number of hydrogen-bond donors (Lipinski definition) is 0. The zero-order valence-electron chi connectivity index (χ0n) is 14.3. The molecule has 0 amide bonds. The van der Waals surface area contributed by atoms with Crippen LogP contribution in [-0.2, 0) is 29.7 Å². The van der Waals surface area contributed by atoms with E-state index in [1.54, 1.807) is 13.2 Å². The Morgan fingerprint density at radius 1 is 1.00 bits per heavy atom. The van der Waals surface area contributed by atoms with Crippen molar-refractivity contribution in [2.45, 2.75) is 29.7 Å². The Morgan fingerprint density at radius 2 is 1.69 bits per heavy atom. The second kappa shape index (κ2) is 7.82. The van der Waals surface area contributed by atoms with E-state index in [2.05, 4.69) is 0 Å². The molecule has 0 radical (unpaired) electrons. The Bertz CT molecular complexity index is 792. The van der Waals surface area contributed by atoms with Crippen LogP contribution in [0.4, 0.5) is 0 Å². The molecular formula is C20H20O5S. The van der Waals surface area contributed by atoms with Crippen LogP contribution in [0.5, 0.6) is 0 Å². The summed E-state index contributed by atoms with van der Waals surface area (Å²) in [6.45, 7) is 0.341. The molecule has 5 nitrogen and oxygen atoms in total. The largest absolute Gasteiger partial charge is 0.352 e. The second-order valence-electron chi connectivity index (χ2n) is 6.06. The van der Waals surface area contributed by atoms with E-state index in [1.807, 2.05) is 60.7 Å². The molecular weight excluding hydrogens is 352 g/mol. The van der Waals surface area contributed by atoms with Crippen LogP contribution in [0, 0.1) is 0 Å². The minimum atomic E-state index is -1.36. The number of methoxy groups -OCH3 is 1. The fourth-order valence-electron chi connectivity index (χ4n) is 3.09. The normalized spacial score (nSPS) is 29.5. The number of rotatable bonds is 4. The molecule has 0 N–H and O–H groups in total. The van der Waals surface area contributed by atoms with Crippen molar-refractivity contribution in [3.63, 3.8) is 0 Å². The van der Waals surface area contributed by atoms with Gasteiger partial charge in [-0.05, 0) is 18.2 Å².